The third-order valence-electron chi connectivity index (χ3n) is 3.78. The summed E-state index contributed by atoms with van der Waals surface area (Å²) in [6, 6.07) is -0.381. The van der Waals surface area contributed by atoms with Crippen molar-refractivity contribution in [3.8, 4) is 0 Å². The van der Waals surface area contributed by atoms with Crippen LogP contribution in [0.3, 0.4) is 0 Å². The minimum Gasteiger partial charge on any atom is -0.331 e. The summed E-state index contributed by atoms with van der Waals surface area (Å²) in [6.45, 7) is 13.1. The summed E-state index contributed by atoms with van der Waals surface area (Å²) in [4.78, 5) is 12.2. The fourth-order valence-corrected chi connectivity index (χ4v) is 2.46. The van der Waals surface area contributed by atoms with Crippen LogP contribution in [0.2, 0.25) is 0 Å². The van der Waals surface area contributed by atoms with E-state index in [-0.39, 0.29) is 17.6 Å². The minimum atomic E-state index is -0.249. The van der Waals surface area contributed by atoms with Gasteiger partial charge in [0, 0.05) is 24.5 Å². The first-order valence-electron chi connectivity index (χ1n) is 8.37. The van der Waals surface area contributed by atoms with Gasteiger partial charge in [0.2, 0.25) is 0 Å². The Hall–Kier alpha value is -2.31. The van der Waals surface area contributed by atoms with Crippen molar-refractivity contribution in [2.24, 2.45) is 0 Å². The van der Waals surface area contributed by atoms with E-state index in [2.05, 4.69) is 48.5 Å². The second-order valence-electron chi connectivity index (χ2n) is 7.10. The van der Waals surface area contributed by atoms with Crippen LogP contribution in [0.25, 0.3) is 0 Å². The van der Waals surface area contributed by atoms with Crippen molar-refractivity contribution in [1.29, 1.82) is 0 Å². The molecule has 1 atom stereocenters. The Balaban J connectivity index is 1.99. The van der Waals surface area contributed by atoms with Crippen LogP contribution >= 0.6 is 0 Å². The fraction of sp³-hybridized carbons (Fsp3) is 0.588. The highest BCUT2D eigenvalue weighted by molar-refractivity contribution is 5.89. The Bertz CT molecular complexity index is 694. The summed E-state index contributed by atoms with van der Waals surface area (Å²) in [6.07, 6.45) is 6.49. The van der Waals surface area contributed by atoms with Gasteiger partial charge in [0.1, 0.15) is 0 Å². The second-order valence-corrected chi connectivity index (χ2v) is 7.10. The molecule has 2 N–H and O–H groups in total. The number of nitrogens with zero attached hydrogens (tertiary/aromatic N) is 4. The highest BCUT2D eigenvalue weighted by Gasteiger charge is 2.20. The number of aromatic nitrogens is 4. The first-order chi connectivity index (χ1) is 11.2. The zero-order chi connectivity index (χ0) is 17.9. The lowest BCUT2D eigenvalue weighted by Crippen LogP contribution is -2.31. The quantitative estimate of drug-likeness (QED) is 0.880. The van der Waals surface area contributed by atoms with Crippen molar-refractivity contribution in [3.63, 3.8) is 0 Å². The fourth-order valence-electron chi connectivity index (χ4n) is 2.46. The number of hydrogen-bond donors (Lipinski definition) is 2. The van der Waals surface area contributed by atoms with Gasteiger partial charge in [0.15, 0.2) is 0 Å². The molecule has 2 aromatic rings. The van der Waals surface area contributed by atoms with Gasteiger partial charge >= 0.3 is 6.03 Å². The van der Waals surface area contributed by atoms with Gasteiger partial charge in [0.25, 0.3) is 0 Å². The maximum atomic E-state index is 12.2. The van der Waals surface area contributed by atoms with Crippen LogP contribution in [0.1, 0.15) is 58.3 Å². The van der Waals surface area contributed by atoms with Crippen molar-refractivity contribution in [2.45, 2.75) is 66.1 Å². The molecule has 132 valence electrons. The number of amides is 2. The third-order valence-corrected chi connectivity index (χ3v) is 3.78. The SMILES string of the molecule is CCCn1cc(NC(=O)N[C@@H](C)c2cn(C(C)(C)C)nc2C)cn1. The molecule has 0 saturated carbocycles. The largest absolute Gasteiger partial charge is 0.331 e. The predicted molar refractivity (Wildman–Crippen MR) is 95.0 cm³/mol. The van der Waals surface area contributed by atoms with Crippen LogP contribution in [0.4, 0.5) is 10.5 Å². The molecule has 0 spiro atoms. The molecule has 2 heterocycles. The maximum absolute atomic E-state index is 12.2. The van der Waals surface area contributed by atoms with E-state index in [0.29, 0.717) is 5.69 Å². The average molecular weight is 332 g/mol. The van der Waals surface area contributed by atoms with Crippen LogP contribution in [0.5, 0.6) is 0 Å². The highest BCUT2D eigenvalue weighted by Crippen LogP contribution is 2.21. The van der Waals surface area contributed by atoms with Gasteiger partial charge in [-0.25, -0.2) is 4.79 Å². The topological polar surface area (TPSA) is 76.8 Å². The number of anilines is 1. The zero-order valence-corrected chi connectivity index (χ0v) is 15.4. The summed E-state index contributed by atoms with van der Waals surface area (Å²) in [5.74, 6) is 0. The van der Waals surface area contributed by atoms with Crippen molar-refractivity contribution < 1.29 is 4.79 Å². The number of rotatable bonds is 5. The van der Waals surface area contributed by atoms with Crippen molar-refractivity contribution in [1.82, 2.24) is 24.9 Å². The lowest BCUT2D eigenvalue weighted by Gasteiger charge is -2.19. The first kappa shape index (κ1) is 18.0. The molecule has 24 heavy (non-hydrogen) atoms. The van der Waals surface area contributed by atoms with Crippen LogP contribution in [-0.2, 0) is 12.1 Å². The van der Waals surface area contributed by atoms with E-state index in [1.165, 1.54) is 0 Å². The Morgan fingerprint density at radius 1 is 1.33 bits per heavy atom. The Morgan fingerprint density at radius 2 is 2.04 bits per heavy atom. The van der Waals surface area contributed by atoms with Gasteiger partial charge in [-0.3, -0.25) is 9.36 Å². The van der Waals surface area contributed by atoms with E-state index in [9.17, 15) is 4.79 Å². The number of aryl methyl sites for hydroxylation is 2. The molecular formula is C17H28N6O. The van der Waals surface area contributed by atoms with E-state index < -0.39 is 0 Å². The van der Waals surface area contributed by atoms with Gasteiger partial charge in [-0.2, -0.15) is 10.2 Å². The lowest BCUT2D eigenvalue weighted by atomic mass is 10.1. The molecule has 0 aliphatic heterocycles. The van der Waals surface area contributed by atoms with Gasteiger partial charge in [-0.05, 0) is 41.0 Å². The van der Waals surface area contributed by atoms with E-state index >= 15 is 0 Å². The van der Waals surface area contributed by atoms with E-state index in [4.69, 9.17) is 0 Å². The molecule has 0 bridgehead atoms. The molecular weight excluding hydrogens is 304 g/mol. The Kier molecular flexibility index (Phi) is 5.31. The number of hydrogen-bond acceptors (Lipinski definition) is 3. The number of carbonyl (C=O) groups is 1. The summed E-state index contributed by atoms with van der Waals surface area (Å²) in [7, 11) is 0. The van der Waals surface area contributed by atoms with Gasteiger partial charge < -0.3 is 10.6 Å². The van der Waals surface area contributed by atoms with Crippen LogP contribution in [0.15, 0.2) is 18.6 Å². The van der Waals surface area contributed by atoms with Crippen LogP contribution in [0, 0.1) is 6.92 Å². The smallest absolute Gasteiger partial charge is 0.319 e. The van der Waals surface area contributed by atoms with Crippen molar-refractivity contribution in [3.05, 3.63) is 29.8 Å². The first-order valence-corrected chi connectivity index (χ1v) is 8.37. The Morgan fingerprint density at radius 3 is 2.62 bits per heavy atom. The molecule has 0 aromatic carbocycles. The number of carbonyl (C=O) groups excluding carboxylic acids is 1. The summed E-state index contributed by atoms with van der Waals surface area (Å²) in [5, 5.41) is 14.5. The van der Waals surface area contributed by atoms with Crippen LogP contribution < -0.4 is 10.6 Å². The van der Waals surface area contributed by atoms with E-state index in [1.54, 1.807) is 6.20 Å². The monoisotopic (exact) mass is 332 g/mol. The molecule has 0 radical (unpaired) electrons. The summed E-state index contributed by atoms with van der Waals surface area (Å²) < 4.78 is 3.75. The van der Waals surface area contributed by atoms with Crippen molar-refractivity contribution in [2.75, 3.05) is 5.32 Å². The number of urea groups is 1. The zero-order valence-electron chi connectivity index (χ0n) is 15.4. The van der Waals surface area contributed by atoms with Gasteiger partial charge in [0.05, 0.1) is 29.2 Å². The van der Waals surface area contributed by atoms with E-state index in [0.717, 1.165) is 24.2 Å². The third kappa shape index (κ3) is 4.37. The minimum absolute atomic E-state index is 0.0845. The molecule has 0 unspecified atom stereocenters. The predicted octanol–water partition coefficient (Wildman–Crippen LogP) is 3.44. The number of nitrogens with one attached hydrogen (secondary N) is 2. The van der Waals surface area contributed by atoms with Gasteiger partial charge in [-0.15, -0.1) is 0 Å². The standard InChI is InChI=1S/C17H28N6O/c1-7-8-22-10-14(9-18-22)20-16(24)19-12(2)15-11-23(17(4,5)6)21-13(15)3/h9-12H,7-8H2,1-6H3,(H2,19,20,24)/t12-/m0/s1. The van der Waals surface area contributed by atoms with Crippen molar-refractivity contribution >= 4 is 11.7 Å². The molecule has 2 aromatic heterocycles. The van der Waals surface area contributed by atoms with Crippen LogP contribution in [-0.4, -0.2) is 25.6 Å². The molecule has 2 amide bonds. The molecule has 7 heteroatoms. The molecule has 0 saturated heterocycles. The lowest BCUT2D eigenvalue weighted by molar-refractivity contribution is 0.249. The summed E-state index contributed by atoms with van der Waals surface area (Å²) >= 11 is 0. The van der Waals surface area contributed by atoms with Gasteiger partial charge in [-0.1, -0.05) is 6.92 Å². The molecule has 0 aliphatic rings. The Labute approximate surface area is 143 Å². The molecule has 0 fully saturated rings. The van der Waals surface area contributed by atoms with E-state index in [1.807, 2.05) is 35.6 Å². The summed E-state index contributed by atoms with van der Waals surface area (Å²) in [5.41, 5.74) is 2.55. The highest BCUT2D eigenvalue weighted by atomic mass is 16.2. The second kappa shape index (κ2) is 7.07. The maximum Gasteiger partial charge on any atom is 0.319 e. The normalized spacial score (nSPS) is 12.9. The molecule has 7 nitrogen and oxygen atoms in total. The molecule has 2 rings (SSSR count). The molecule has 0 aliphatic carbocycles. The average Bonchev–Trinajstić information content (AvgIpc) is 3.05.